The van der Waals surface area contributed by atoms with Crippen molar-refractivity contribution in [2.45, 2.75) is 26.7 Å². The zero-order chi connectivity index (χ0) is 18.3. The average molecular weight is 362 g/mol. The van der Waals surface area contributed by atoms with E-state index in [-0.39, 0.29) is 17.7 Å². The van der Waals surface area contributed by atoms with E-state index >= 15 is 0 Å². The number of allylic oxidation sites excluding steroid dienone is 2. The number of methoxy groups -OCH3 is 1. The van der Waals surface area contributed by atoms with Crippen molar-refractivity contribution in [1.82, 2.24) is 0 Å². The third-order valence-electron chi connectivity index (χ3n) is 5.22. The van der Waals surface area contributed by atoms with Crippen molar-refractivity contribution in [3.05, 3.63) is 28.2 Å². The molecule has 0 aliphatic heterocycles. The maximum Gasteiger partial charge on any atom is 0.341 e. The molecule has 0 saturated heterocycles. The van der Waals surface area contributed by atoms with Crippen LogP contribution in [-0.4, -0.2) is 25.0 Å². The molecule has 0 radical (unpaired) electrons. The molecule has 2 bridgehead atoms. The highest BCUT2D eigenvalue weighted by Crippen LogP contribution is 2.48. The summed E-state index contributed by atoms with van der Waals surface area (Å²) in [6.45, 7) is 3.82. The van der Waals surface area contributed by atoms with E-state index in [4.69, 9.17) is 4.74 Å². The summed E-state index contributed by atoms with van der Waals surface area (Å²) in [5, 5.41) is 14.7. The molecule has 0 unspecified atom stereocenters. The second-order valence-corrected chi connectivity index (χ2v) is 7.72. The molecule has 134 valence electrons. The molecule has 4 atom stereocenters. The Bertz CT molecular complexity index is 766. The van der Waals surface area contributed by atoms with Gasteiger partial charge in [0.2, 0.25) is 5.91 Å². The molecule has 3 rings (SSSR count). The number of aliphatic carboxylic acids is 1. The van der Waals surface area contributed by atoms with Crippen LogP contribution in [0.25, 0.3) is 0 Å². The fourth-order valence-corrected chi connectivity index (χ4v) is 5.24. The lowest BCUT2D eigenvalue weighted by atomic mass is 9.82. The van der Waals surface area contributed by atoms with E-state index in [1.165, 1.54) is 18.4 Å². The minimum atomic E-state index is -1.19. The summed E-state index contributed by atoms with van der Waals surface area (Å²) in [7, 11) is 1.30. The van der Waals surface area contributed by atoms with Gasteiger partial charge in [0.25, 0.3) is 0 Å². The molecule has 1 aromatic rings. The Balaban J connectivity index is 1.90. The van der Waals surface area contributed by atoms with Gasteiger partial charge in [0.1, 0.15) is 5.00 Å². The molecule has 2 aliphatic carbocycles. The second kappa shape index (κ2) is 6.63. The number of ether oxygens (including phenoxy) is 1. The highest BCUT2D eigenvalue weighted by Gasteiger charge is 2.49. The fourth-order valence-electron chi connectivity index (χ4n) is 4.11. The second-order valence-electron chi connectivity index (χ2n) is 6.49. The van der Waals surface area contributed by atoms with Gasteiger partial charge in [-0.1, -0.05) is 19.1 Å². The van der Waals surface area contributed by atoms with Crippen LogP contribution in [0.15, 0.2) is 12.2 Å². The summed E-state index contributed by atoms with van der Waals surface area (Å²) in [6, 6.07) is 0. The normalized spacial score (nSPS) is 26.7. The van der Waals surface area contributed by atoms with E-state index in [2.05, 4.69) is 5.32 Å². The lowest BCUT2D eigenvalue weighted by Crippen LogP contribution is -2.42. The Morgan fingerprint density at radius 2 is 1.92 bits per heavy atom. The summed E-state index contributed by atoms with van der Waals surface area (Å²) >= 11 is 1.31. The number of carbonyl (C=O) groups is 3. The number of nitrogens with one attached hydrogen (secondary N) is 1. The summed E-state index contributed by atoms with van der Waals surface area (Å²) in [6.07, 6.45) is 5.07. The zero-order valence-electron chi connectivity index (χ0n) is 14.3. The number of carboxylic acids is 1. The Kier molecular flexibility index (Phi) is 4.69. The number of thiophene rings is 1. The first-order valence-electron chi connectivity index (χ1n) is 8.29. The van der Waals surface area contributed by atoms with E-state index < -0.39 is 23.8 Å². The number of carbonyl (C=O) groups excluding carboxylic acids is 3. The summed E-state index contributed by atoms with van der Waals surface area (Å²) < 4.78 is 4.85. The van der Waals surface area contributed by atoms with Gasteiger partial charge in [-0.05, 0) is 37.2 Å². The molecule has 1 amide bonds. The Morgan fingerprint density at radius 1 is 1.28 bits per heavy atom. The van der Waals surface area contributed by atoms with Crippen LogP contribution in [0.2, 0.25) is 0 Å². The molecule has 1 saturated carbocycles. The molecule has 1 aromatic heterocycles. The fraction of sp³-hybridized carbons (Fsp3) is 0.500. The number of carboxylic acid groups (broad SMARTS) is 1. The van der Waals surface area contributed by atoms with Crippen molar-refractivity contribution < 1.29 is 24.2 Å². The highest BCUT2D eigenvalue weighted by molar-refractivity contribution is 7.16. The van der Waals surface area contributed by atoms with Crippen LogP contribution in [0.4, 0.5) is 5.00 Å². The van der Waals surface area contributed by atoms with Crippen molar-refractivity contribution in [2.24, 2.45) is 23.7 Å². The first kappa shape index (κ1) is 17.7. The van der Waals surface area contributed by atoms with Crippen LogP contribution < -0.4 is 10.4 Å². The van der Waals surface area contributed by atoms with Crippen LogP contribution >= 0.6 is 11.3 Å². The molecule has 1 fully saturated rings. The van der Waals surface area contributed by atoms with E-state index in [1.54, 1.807) is 0 Å². The lowest BCUT2D eigenvalue weighted by Gasteiger charge is -2.27. The lowest BCUT2D eigenvalue weighted by molar-refractivity contribution is -0.313. The Labute approximate surface area is 149 Å². The molecule has 0 aromatic carbocycles. The predicted molar refractivity (Wildman–Crippen MR) is 91.1 cm³/mol. The first-order chi connectivity index (χ1) is 11.9. The van der Waals surface area contributed by atoms with Crippen molar-refractivity contribution in [2.75, 3.05) is 12.4 Å². The van der Waals surface area contributed by atoms with Gasteiger partial charge in [0, 0.05) is 16.8 Å². The molecule has 1 N–H and O–H groups in total. The van der Waals surface area contributed by atoms with Gasteiger partial charge in [-0.15, -0.1) is 11.3 Å². The minimum absolute atomic E-state index is 0.0961. The third kappa shape index (κ3) is 2.86. The molecule has 6 nitrogen and oxygen atoms in total. The number of aryl methyl sites for hydroxylation is 1. The SMILES string of the molecule is CCc1c(C)sc(NC(=O)[C@@H]2[C@@H](C(=O)[O-])[C@@H]3C=C[C@@H]2C3)c1C(=O)OC. The number of amides is 1. The number of rotatable bonds is 5. The van der Waals surface area contributed by atoms with E-state index in [1.807, 2.05) is 26.0 Å². The largest absolute Gasteiger partial charge is 0.550 e. The van der Waals surface area contributed by atoms with Gasteiger partial charge in [0.05, 0.1) is 18.6 Å². The van der Waals surface area contributed by atoms with E-state index in [0.717, 1.165) is 10.4 Å². The van der Waals surface area contributed by atoms with Gasteiger partial charge >= 0.3 is 5.97 Å². The Morgan fingerprint density at radius 3 is 2.48 bits per heavy atom. The van der Waals surface area contributed by atoms with Crippen LogP contribution in [0.5, 0.6) is 0 Å². The van der Waals surface area contributed by atoms with Crippen LogP contribution in [0.3, 0.4) is 0 Å². The van der Waals surface area contributed by atoms with Crippen LogP contribution in [0.1, 0.15) is 34.1 Å². The first-order valence-corrected chi connectivity index (χ1v) is 9.11. The molecular formula is C18H20NO5S-. The van der Waals surface area contributed by atoms with E-state index in [0.29, 0.717) is 23.4 Å². The molecule has 1 heterocycles. The van der Waals surface area contributed by atoms with Gasteiger partial charge in [0.15, 0.2) is 0 Å². The van der Waals surface area contributed by atoms with Gasteiger partial charge < -0.3 is 20.0 Å². The summed E-state index contributed by atoms with van der Waals surface area (Å²) in [5.74, 6) is -3.80. The standard InChI is InChI=1S/C18H21NO5S/c1-4-11-8(2)25-16(14(11)18(23)24-3)19-15(20)12-9-5-6-10(7-9)13(12)17(21)22/h5-6,9-10,12-13H,4,7H2,1-3H3,(H,19,20)(H,21,22)/p-1/t9-,10-,12+,13+/m1/s1. The highest BCUT2D eigenvalue weighted by atomic mass is 32.1. The van der Waals surface area contributed by atoms with Crippen LogP contribution in [-0.2, 0) is 20.7 Å². The zero-order valence-corrected chi connectivity index (χ0v) is 15.1. The van der Waals surface area contributed by atoms with Gasteiger partial charge in [-0.3, -0.25) is 4.79 Å². The number of hydrogen-bond acceptors (Lipinski definition) is 6. The maximum absolute atomic E-state index is 12.8. The third-order valence-corrected chi connectivity index (χ3v) is 6.29. The van der Waals surface area contributed by atoms with Crippen molar-refractivity contribution in [3.63, 3.8) is 0 Å². The Hall–Kier alpha value is -2.15. The minimum Gasteiger partial charge on any atom is -0.550 e. The number of esters is 1. The van der Waals surface area contributed by atoms with Crippen molar-refractivity contribution in [3.8, 4) is 0 Å². The summed E-state index contributed by atoms with van der Waals surface area (Å²) in [5.41, 5.74) is 1.21. The van der Waals surface area contributed by atoms with Crippen molar-refractivity contribution >= 4 is 34.2 Å². The smallest absolute Gasteiger partial charge is 0.341 e. The van der Waals surface area contributed by atoms with Crippen LogP contribution in [0, 0.1) is 30.6 Å². The number of fused-ring (bicyclic) bond motifs is 2. The van der Waals surface area contributed by atoms with E-state index in [9.17, 15) is 19.5 Å². The molecular weight excluding hydrogens is 342 g/mol. The summed E-state index contributed by atoms with van der Waals surface area (Å²) in [4.78, 5) is 37.4. The quantitative estimate of drug-likeness (QED) is 0.633. The van der Waals surface area contributed by atoms with Gasteiger partial charge in [-0.25, -0.2) is 4.79 Å². The monoisotopic (exact) mass is 362 g/mol. The maximum atomic E-state index is 12.8. The molecule has 2 aliphatic rings. The average Bonchev–Trinajstić information content (AvgIpc) is 3.26. The molecule has 0 spiro atoms. The number of hydrogen-bond donors (Lipinski definition) is 1. The molecule has 25 heavy (non-hydrogen) atoms. The van der Waals surface area contributed by atoms with Crippen molar-refractivity contribution in [1.29, 1.82) is 0 Å². The number of anilines is 1. The topological polar surface area (TPSA) is 95.5 Å². The molecule has 7 heteroatoms. The van der Waals surface area contributed by atoms with Gasteiger partial charge in [-0.2, -0.15) is 0 Å². The predicted octanol–water partition coefficient (Wildman–Crippen LogP) is 1.53.